The van der Waals surface area contributed by atoms with Crippen LogP contribution in [0.2, 0.25) is 5.02 Å². The van der Waals surface area contributed by atoms with Gasteiger partial charge < -0.3 is 4.74 Å². The van der Waals surface area contributed by atoms with Gasteiger partial charge in [0.2, 0.25) is 5.78 Å². The zero-order chi connectivity index (χ0) is 20.2. The highest BCUT2D eigenvalue weighted by molar-refractivity contribution is 7.99. The molecule has 2 heterocycles. The van der Waals surface area contributed by atoms with Crippen molar-refractivity contribution in [2.45, 2.75) is 25.2 Å². The van der Waals surface area contributed by atoms with Crippen LogP contribution < -0.4 is 4.74 Å². The summed E-state index contributed by atoms with van der Waals surface area (Å²) in [4.78, 5) is 10.3. The maximum absolute atomic E-state index is 6.60. The molecule has 0 saturated heterocycles. The molecule has 4 rings (SSSR count). The third-order valence-electron chi connectivity index (χ3n) is 4.51. The molecule has 0 radical (unpaired) electrons. The normalized spacial score (nSPS) is 11.1. The van der Waals surface area contributed by atoms with Crippen molar-refractivity contribution in [1.29, 1.82) is 0 Å². The van der Waals surface area contributed by atoms with Crippen molar-refractivity contribution >= 4 is 29.1 Å². The van der Waals surface area contributed by atoms with Crippen molar-refractivity contribution in [3.63, 3.8) is 0 Å². The number of nitrogens with zero attached hydrogens (tertiary/aromatic N) is 3. The Hall–Kier alpha value is -2.50. The number of ether oxygens (including phenoxy) is 1. The van der Waals surface area contributed by atoms with Crippen molar-refractivity contribution in [2.75, 3.05) is 12.4 Å². The van der Waals surface area contributed by atoms with Gasteiger partial charge in [0.15, 0.2) is 0 Å². The maximum Gasteiger partial charge on any atom is 0.234 e. The standard InChI is InChI=1S/C23H22ClN3OS/c1-3-14-29-20-11-8-17(15-19(20)24)22-21(26-23-25-12-5-13-27(22)23)16-6-9-18(10-7-16)28-4-2/h5-13,15H,3-4,14H2,1-2H3. The van der Waals surface area contributed by atoms with Crippen molar-refractivity contribution in [3.05, 3.63) is 65.9 Å². The number of benzene rings is 2. The maximum atomic E-state index is 6.60. The second-order valence-electron chi connectivity index (χ2n) is 6.55. The highest BCUT2D eigenvalue weighted by Crippen LogP contribution is 2.37. The summed E-state index contributed by atoms with van der Waals surface area (Å²) >= 11 is 8.39. The molecular weight excluding hydrogens is 402 g/mol. The molecule has 0 bridgehead atoms. The van der Waals surface area contributed by atoms with E-state index in [4.69, 9.17) is 21.3 Å². The number of imidazole rings is 1. The third kappa shape index (κ3) is 4.11. The summed E-state index contributed by atoms with van der Waals surface area (Å²) in [5, 5.41) is 0.762. The number of hydrogen-bond donors (Lipinski definition) is 0. The number of rotatable bonds is 7. The Morgan fingerprint density at radius 3 is 2.59 bits per heavy atom. The van der Waals surface area contributed by atoms with Crippen LogP contribution in [-0.4, -0.2) is 26.7 Å². The van der Waals surface area contributed by atoms with E-state index in [0.717, 1.165) is 50.4 Å². The Balaban J connectivity index is 1.83. The summed E-state index contributed by atoms with van der Waals surface area (Å²) in [6.45, 7) is 4.79. The van der Waals surface area contributed by atoms with Crippen LogP contribution in [0.3, 0.4) is 0 Å². The molecule has 0 spiro atoms. The van der Waals surface area contributed by atoms with Crippen LogP contribution in [0.15, 0.2) is 65.8 Å². The fraction of sp³-hybridized carbons (Fsp3) is 0.217. The van der Waals surface area contributed by atoms with Gasteiger partial charge in [-0.2, -0.15) is 0 Å². The molecule has 0 amide bonds. The fourth-order valence-electron chi connectivity index (χ4n) is 3.22. The first-order chi connectivity index (χ1) is 14.2. The quantitative estimate of drug-likeness (QED) is 0.313. The molecule has 0 aliphatic rings. The lowest BCUT2D eigenvalue weighted by Crippen LogP contribution is -1.92. The lowest BCUT2D eigenvalue weighted by atomic mass is 10.0. The van der Waals surface area contributed by atoms with Crippen LogP contribution in [0.1, 0.15) is 20.3 Å². The van der Waals surface area contributed by atoms with Gasteiger partial charge in [-0.15, -0.1) is 11.8 Å². The van der Waals surface area contributed by atoms with Gasteiger partial charge in [0.25, 0.3) is 0 Å². The Morgan fingerprint density at radius 2 is 1.86 bits per heavy atom. The summed E-state index contributed by atoms with van der Waals surface area (Å²) in [5.74, 6) is 2.56. The SMILES string of the molecule is CCCSc1ccc(-c2c(-c3ccc(OCC)cc3)nc3ncccn23)cc1Cl. The van der Waals surface area contributed by atoms with Crippen molar-refractivity contribution < 1.29 is 4.74 Å². The second kappa shape index (κ2) is 8.89. The smallest absolute Gasteiger partial charge is 0.234 e. The molecule has 0 N–H and O–H groups in total. The average Bonchev–Trinajstić information content (AvgIpc) is 3.13. The minimum Gasteiger partial charge on any atom is -0.494 e. The molecule has 2 aromatic heterocycles. The predicted molar refractivity (Wildman–Crippen MR) is 121 cm³/mol. The Labute approximate surface area is 179 Å². The molecule has 4 nitrogen and oxygen atoms in total. The topological polar surface area (TPSA) is 39.4 Å². The Kier molecular flexibility index (Phi) is 6.07. The van der Waals surface area contributed by atoms with Gasteiger partial charge in [0.1, 0.15) is 5.75 Å². The lowest BCUT2D eigenvalue weighted by Gasteiger charge is -2.09. The summed E-state index contributed by atoms with van der Waals surface area (Å²) in [6.07, 6.45) is 4.85. The van der Waals surface area contributed by atoms with Crippen molar-refractivity contribution in [3.8, 4) is 28.3 Å². The molecule has 0 aliphatic heterocycles. The molecule has 0 saturated carbocycles. The van der Waals surface area contributed by atoms with Crippen LogP contribution in [-0.2, 0) is 0 Å². The van der Waals surface area contributed by atoms with Gasteiger partial charge in [-0.05, 0) is 61.6 Å². The summed E-state index contributed by atoms with van der Waals surface area (Å²) in [5.41, 5.74) is 3.87. The molecule has 6 heteroatoms. The summed E-state index contributed by atoms with van der Waals surface area (Å²) in [6, 6.07) is 16.1. The van der Waals surface area contributed by atoms with Gasteiger partial charge in [0, 0.05) is 28.4 Å². The molecule has 148 valence electrons. The minimum atomic E-state index is 0.643. The van der Waals surface area contributed by atoms with E-state index in [-0.39, 0.29) is 0 Å². The van der Waals surface area contributed by atoms with E-state index in [0.29, 0.717) is 12.4 Å². The highest BCUT2D eigenvalue weighted by Gasteiger charge is 2.17. The number of aromatic nitrogens is 3. The zero-order valence-corrected chi connectivity index (χ0v) is 18.0. The largest absolute Gasteiger partial charge is 0.494 e. The molecule has 0 fully saturated rings. The van der Waals surface area contributed by atoms with E-state index in [2.05, 4.69) is 24.0 Å². The molecule has 4 aromatic rings. The van der Waals surface area contributed by atoms with E-state index in [1.54, 1.807) is 18.0 Å². The molecule has 2 aromatic carbocycles. The van der Waals surface area contributed by atoms with Crippen LogP contribution in [0, 0.1) is 0 Å². The first-order valence-electron chi connectivity index (χ1n) is 9.70. The van der Waals surface area contributed by atoms with Crippen LogP contribution in [0.4, 0.5) is 0 Å². The first kappa shape index (κ1) is 19.8. The average molecular weight is 424 g/mol. The highest BCUT2D eigenvalue weighted by atomic mass is 35.5. The molecule has 0 atom stereocenters. The first-order valence-corrected chi connectivity index (χ1v) is 11.1. The van der Waals surface area contributed by atoms with Gasteiger partial charge in [-0.3, -0.25) is 4.40 Å². The van der Waals surface area contributed by atoms with Gasteiger partial charge >= 0.3 is 0 Å². The summed E-state index contributed by atoms with van der Waals surface area (Å²) < 4.78 is 7.58. The van der Waals surface area contributed by atoms with E-state index in [1.807, 2.05) is 53.9 Å². The number of halogens is 1. The molecule has 0 aliphatic carbocycles. The number of thioether (sulfide) groups is 1. The Bertz CT molecular complexity index is 1120. The van der Waals surface area contributed by atoms with E-state index < -0.39 is 0 Å². The molecular formula is C23H22ClN3OS. The summed E-state index contributed by atoms with van der Waals surface area (Å²) in [7, 11) is 0. The lowest BCUT2D eigenvalue weighted by molar-refractivity contribution is 0.340. The molecule has 29 heavy (non-hydrogen) atoms. The zero-order valence-electron chi connectivity index (χ0n) is 16.4. The molecule has 0 unspecified atom stereocenters. The van der Waals surface area contributed by atoms with Gasteiger partial charge in [-0.25, -0.2) is 9.97 Å². The van der Waals surface area contributed by atoms with E-state index in [9.17, 15) is 0 Å². The van der Waals surface area contributed by atoms with Gasteiger partial charge in [-0.1, -0.05) is 24.6 Å². The number of fused-ring (bicyclic) bond motifs is 1. The van der Waals surface area contributed by atoms with Crippen LogP contribution in [0.5, 0.6) is 5.75 Å². The van der Waals surface area contributed by atoms with Crippen molar-refractivity contribution in [1.82, 2.24) is 14.4 Å². The van der Waals surface area contributed by atoms with E-state index >= 15 is 0 Å². The monoisotopic (exact) mass is 423 g/mol. The van der Waals surface area contributed by atoms with E-state index in [1.165, 1.54) is 0 Å². The Morgan fingerprint density at radius 1 is 1.07 bits per heavy atom. The minimum absolute atomic E-state index is 0.643. The van der Waals surface area contributed by atoms with Crippen LogP contribution >= 0.6 is 23.4 Å². The fourth-order valence-corrected chi connectivity index (χ4v) is 4.35. The number of hydrogen-bond acceptors (Lipinski definition) is 4. The third-order valence-corrected chi connectivity index (χ3v) is 6.21. The van der Waals surface area contributed by atoms with Crippen LogP contribution in [0.25, 0.3) is 28.3 Å². The van der Waals surface area contributed by atoms with Crippen molar-refractivity contribution in [2.24, 2.45) is 0 Å². The van der Waals surface area contributed by atoms with Gasteiger partial charge in [0.05, 0.1) is 23.0 Å². The second-order valence-corrected chi connectivity index (χ2v) is 8.09. The predicted octanol–water partition coefficient (Wildman–Crippen LogP) is 6.62.